The topological polar surface area (TPSA) is 108 Å². The molecule has 1 N–H and O–H groups in total. The zero-order valence-corrected chi connectivity index (χ0v) is 29.0. The van der Waals surface area contributed by atoms with Crippen molar-refractivity contribution < 1.29 is 35.9 Å². The first-order chi connectivity index (χ1) is 23.3. The number of aliphatic imine (C=N–C) groups is 1. The number of hydrogen-bond donors (Lipinski definition) is 1. The summed E-state index contributed by atoms with van der Waals surface area (Å²) in [6.45, 7) is 2.80. The minimum absolute atomic E-state index is 0.0143. The van der Waals surface area contributed by atoms with Crippen LogP contribution in [0.5, 0.6) is 5.75 Å². The number of benzene rings is 2. The van der Waals surface area contributed by atoms with Crippen LogP contribution in [-0.4, -0.2) is 79.9 Å². The van der Waals surface area contributed by atoms with Crippen molar-refractivity contribution >= 4 is 27.7 Å². The third-order valence-electron chi connectivity index (χ3n) is 9.58. The number of aryl methyl sites for hydroxylation is 2. The Hall–Kier alpha value is -3.71. The van der Waals surface area contributed by atoms with Crippen LogP contribution in [0.1, 0.15) is 90.4 Å². The van der Waals surface area contributed by atoms with Crippen LogP contribution in [0.4, 0.5) is 13.2 Å². The van der Waals surface area contributed by atoms with Gasteiger partial charge >= 0.3 is 6.18 Å². The van der Waals surface area contributed by atoms with E-state index in [4.69, 9.17) is 4.74 Å². The van der Waals surface area contributed by atoms with Gasteiger partial charge < -0.3 is 15.0 Å². The van der Waals surface area contributed by atoms with Gasteiger partial charge in [0, 0.05) is 37.8 Å². The van der Waals surface area contributed by atoms with E-state index < -0.39 is 33.2 Å². The molecule has 2 aromatic rings. The van der Waals surface area contributed by atoms with Crippen molar-refractivity contribution in [1.82, 2.24) is 14.5 Å². The maximum atomic E-state index is 13.8. The number of fused-ring (bicyclic) bond motifs is 2. The summed E-state index contributed by atoms with van der Waals surface area (Å²) < 4.78 is 75.3. The van der Waals surface area contributed by atoms with Crippen LogP contribution in [0.3, 0.4) is 0 Å². The van der Waals surface area contributed by atoms with Crippen LogP contribution in [0, 0.1) is 6.92 Å². The molecule has 1 spiro atoms. The summed E-state index contributed by atoms with van der Waals surface area (Å²) in [6, 6.07) is 8.70. The van der Waals surface area contributed by atoms with E-state index in [-0.39, 0.29) is 67.8 Å². The molecule has 13 heteroatoms. The van der Waals surface area contributed by atoms with Gasteiger partial charge in [0.15, 0.2) is 0 Å². The first kappa shape index (κ1) is 36.6. The lowest BCUT2D eigenvalue weighted by Gasteiger charge is -2.34. The summed E-state index contributed by atoms with van der Waals surface area (Å²) >= 11 is 0. The first-order valence-electron chi connectivity index (χ1n) is 17.0. The van der Waals surface area contributed by atoms with E-state index in [9.17, 15) is 31.2 Å². The molecule has 5 aliphatic rings. The molecule has 7 bridgehead atoms. The number of ether oxygens (including phenoxy) is 1. The Morgan fingerprint density at radius 1 is 0.898 bits per heavy atom. The SMILES string of the molecule is Cc1cc2ccc1CCS(=O)(=O)N1CCC3(CC1)N=C(NC3=O)c1cc(cc(C(F)(F)F)c1)OCC/C=C/CCCCCCCN(C)C2=O. The van der Waals surface area contributed by atoms with Crippen LogP contribution in [0.2, 0.25) is 0 Å². The van der Waals surface area contributed by atoms with Gasteiger partial charge in [-0.3, -0.25) is 14.6 Å². The first-order valence-corrected chi connectivity index (χ1v) is 18.6. The molecule has 0 saturated carbocycles. The van der Waals surface area contributed by atoms with Crippen LogP contribution in [0.25, 0.3) is 0 Å². The predicted molar refractivity (Wildman–Crippen MR) is 182 cm³/mol. The summed E-state index contributed by atoms with van der Waals surface area (Å²) in [6.07, 6.45) is 6.28. The Kier molecular flexibility index (Phi) is 11.5. The van der Waals surface area contributed by atoms with Crippen molar-refractivity contribution in [2.45, 2.75) is 82.8 Å². The molecule has 0 atom stereocenters. The van der Waals surface area contributed by atoms with Gasteiger partial charge in [-0.2, -0.15) is 13.2 Å². The minimum Gasteiger partial charge on any atom is -0.493 e. The zero-order valence-electron chi connectivity index (χ0n) is 28.2. The van der Waals surface area contributed by atoms with E-state index in [0.29, 0.717) is 18.5 Å². The number of nitrogens with zero attached hydrogens (tertiary/aromatic N) is 3. The average molecular weight is 703 g/mol. The number of nitrogens with one attached hydrogen (secondary N) is 1. The number of hydrogen-bond acceptors (Lipinski definition) is 6. The molecule has 0 unspecified atom stereocenters. The quantitative estimate of drug-likeness (QED) is 0.337. The number of amidine groups is 1. The molecule has 0 aliphatic carbocycles. The van der Waals surface area contributed by atoms with Crippen molar-refractivity contribution in [1.29, 1.82) is 0 Å². The molecule has 1 fully saturated rings. The lowest BCUT2D eigenvalue weighted by Crippen LogP contribution is -2.50. The van der Waals surface area contributed by atoms with Crippen LogP contribution in [0.15, 0.2) is 53.5 Å². The van der Waals surface area contributed by atoms with Gasteiger partial charge in [-0.15, -0.1) is 0 Å². The van der Waals surface area contributed by atoms with Gasteiger partial charge in [0.1, 0.15) is 17.1 Å². The standard InChI is InChI=1S/C36H45F3N4O5S/c1-26-22-28-13-12-27(26)14-21-49(46,47)43-18-15-35(16-19-43)34(45)40-32(41-35)29-23-30(36(37,38)39)25-31(24-29)48-20-11-9-7-5-3-4-6-8-10-17-42(2)33(28)44/h7,9,12-13,22-25H,3-6,8,10-11,14-21H2,1-2H3,(H,40,41,45)/b9-7+. The number of carbonyl (C=O) groups excluding carboxylic acids is 2. The average Bonchev–Trinajstić information content (AvgIpc) is 3.38. The van der Waals surface area contributed by atoms with Crippen molar-refractivity contribution in [2.24, 2.45) is 4.99 Å². The van der Waals surface area contributed by atoms with Gasteiger partial charge in [-0.05, 0) is 93.3 Å². The number of allylic oxidation sites excluding steroid dienone is 1. The number of carbonyl (C=O) groups is 2. The Bertz CT molecular complexity index is 1700. The van der Waals surface area contributed by atoms with E-state index in [2.05, 4.69) is 16.4 Å². The second kappa shape index (κ2) is 15.5. The normalized spacial score (nSPS) is 25.3. The number of alkyl halides is 3. The second-order valence-corrected chi connectivity index (χ2v) is 15.3. The molecule has 2 aromatic carbocycles. The predicted octanol–water partition coefficient (Wildman–Crippen LogP) is 6.05. The highest BCUT2D eigenvalue weighted by Gasteiger charge is 2.47. The summed E-state index contributed by atoms with van der Waals surface area (Å²) in [7, 11) is -1.89. The molecule has 1 saturated heterocycles. The summed E-state index contributed by atoms with van der Waals surface area (Å²) in [5.41, 5.74) is 0.140. The Morgan fingerprint density at radius 2 is 1.61 bits per heavy atom. The second-order valence-electron chi connectivity index (χ2n) is 13.2. The fourth-order valence-corrected chi connectivity index (χ4v) is 8.01. The lowest BCUT2D eigenvalue weighted by atomic mass is 9.89. The van der Waals surface area contributed by atoms with Crippen LogP contribution >= 0.6 is 0 Å². The fraction of sp³-hybridized carbons (Fsp3) is 0.528. The summed E-state index contributed by atoms with van der Waals surface area (Å²) in [5.74, 6) is -0.629. The van der Waals surface area contributed by atoms with Crippen molar-refractivity contribution in [3.63, 3.8) is 0 Å². The highest BCUT2D eigenvalue weighted by molar-refractivity contribution is 7.89. The minimum atomic E-state index is -4.64. The molecule has 9 nitrogen and oxygen atoms in total. The highest BCUT2D eigenvalue weighted by atomic mass is 32.2. The third kappa shape index (κ3) is 9.10. The van der Waals surface area contributed by atoms with Crippen molar-refractivity contribution in [2.75, 3.05) is 39.0 Å². The van der Waals surface area contributed by atoms with Gasteiger partial charge in [-0.1, -0.05) is 37.5 Å². The molecule has 5 aliphatic heterocycles. The Balaban J connectivity index is 1.35. The molecular weight excluding hydrogens is 657 g/mol. The molecule has 7 rings (SSSR count). The smallest absolute Gasteiger partial charge is 0.416 e. The molecular formula is C36H45F3N4O5S. The van der Waals surface area contributed by atoms with Gasteiger partial charge in [0.05, 0.1) is 17.9 Å². The summed E-state index contributed by atoms with van der Waals surface area (Å²) in [4.78, 5) is 32.5. The number of sulfonamides is 1. The number of rotatable bonds is 0. The van der Waals surface area contributed by atoms with E-state index in [1.165, 1.54) is 10.4 Å². The van der Waals surface area contributed by atoms with Crippen LogP contribution in [-0.2, 0) is 27.4 Å². The van der Waals surface area contributed by atoms with E-state index in [0.717, 1.165) is 61.8 Å². The van der Waals surface area contributed by atoms with Gasteiger partial charge in [-0.25, -0.2) is 12.7 Å². The number of piperidine rings is 1. The Morgan fingerprint density at radius 3 is 2.35 bits per heavy atom. The zero-order chi connectivity index (χ0) is 35.2. The van der Waals surface area contributed by atoms with E-state index in [1.54, 1.807) is 18.0 Å². The monoisotopic (exact) mass is 702 g/mol. The maximum Gasteiger partial charge on any atom is 0.416 e. The third-order valence-corrected chi connectivity index (χ3v) is 11.5. The molecule has 0 radical (unpaired) electrons. The van der Waals surface area contributed by atoms with E-state index in [1.807, 2.05) is 25.1 Å². The van der Waals surface area contributed by atoms with Gasteiger partial charge in [0.2, 0.25) is 10.0 Å². The fourth-order valence-electron chi connectivity index (χ4n) is 6.53. The molecule has 266 valence electrons. The molecule has 49 heavy (non-hydrogen) atoms. The lowest BCUT2D eigenvalue weighted by molar-refractivity contribution is -0.137. The Labute approximate surface area is 286 Å². The highest BCUT2D eigenvalue weighted by Crippen LogP contribution is 2.36. The summed E-state index contributed by atoms with van der Waals surface area (Å²) in [5, 5.41) is 2.65. The number of halogens is 3. The molecule has 5 heterocycles. The van der Waals surface area contributed by atoms with Crippen molar-refractivity contribution in [3.8, 4) is 5.75 Å². The van der Waals surface area contributed by atoms with Gasteiger partial charge in [0.25, 0.3) is 11.8 Å². The molecule has 2 amide bonds. The maximum absolute atomic E-state index is 13.8. The number of amides is 2. The van der Waals surface area contributed by atoms with Crippen molar-refractivity contribution in [3.05, 3.63) is 76.4 Å². The van der Waals surface area contributed by atoms with E-state index >= 15 is 0 Å². The van der Waals surface area contributed by atoms with Crippen LogP contribution < -0.4 is 10.1 Å². The largest absolute Gasteiger partial charge is 0.493 e. The molecule has 0 aromatic heterocycles.